The predicted molar refractivity (Wildman–Crippen MR) is 83.8 cm³/mol. The molecule has 1 heterocycles. The lowest BCUT2D eigenvalue weighted by Gasteiger charge is -2.51. The summed E-state index contributed by atoms with van der Waals surface area (Å²) in [7, 11) is 0. The van der Waals surface area contributed by atoms with Gasteiger partial charge < -0.3 is 10.2 Å². The van der Waals surface area contributed by atoms with E-state index in [1.54, 1.807) is 0 Å². The molecule has 1 aliphatic heterocycles. The van der Waals surface area contributed by atoms with E-state index in [2.05, 4.69) is 12.2 Å². The fourth-order valence-electron chi connectivity index (χ4n) is 3.72. The molecule has 1 saturated heterocycles. The molecule has 4 heteroatoms. The maximum atomic E-state index is 13.0. The second-order valence-corrected chi connectivity index (χ2v) is 7.50. The van der Waals surface area contributed by atoms with Crippen LogP contribution in [0.3, 0.4) is 0 Å². The molecule has 2 aliphatic rings. The van der Waals surface area contributed by atoms with Crippen molar-refractivity contribution in [3.05, 3.63) is 0 Å². The molecule has 1 saturated carbocycles. The van der Waals surface area contributed by atoms with Gasteiger partial charge in [0.25, 0.3) is 0 Å². The molecule has 1 aliphatic carbocycles. The summed E-state index contributed by atoms with van der Waals surface area (Å²) in [5.41, 5.74) is -0.490. The molecule has 4 nitrogen and oxygen atoms in total. The van der Waals surface area contributed by atoms with Crippen LogP contribution in [-0.4, -0.2) is 34.8 Å². The van der Waals surface area contributed by atoms with Crippen molar-refractivity contribution in [2.24, 2.45) is 11.3 Å². The zero-order valence-corrected chi connectivity index (χ0v) is 14.2. The van der Waals surface area contributed by atoms with Crippen LogP contribution >= 0.6 is 0 Å². The lowest BCUT2D eigenvalue weighted by atomic mass is 9.66. The molecule has 2 rings (SSSR count). The third-order valence-electron chi connectivity index (χ3n) is 5.74. The number of hydrogen-bond donors (Lipinski definition) is 1. The topological polar surface area (TPSA) is 49.4 Å². The zero-order chi connectivity index (χ0) is 15.8. The van der Waals surface area contributed by atoms with E-state index < -0.39 is 5.54 Å². The van der Waals surface area contributed by atoms with Crippen LogP contribution < -0.4 is 5.32 Å². The van der Waals surface area contributed by atoms with Gasteiger partial charge in [-0.15, -0.1) is 0 Å². The second-order valence-electron chi connectivity index (χ2n) is 7.50. The Morgan fingerprint density at radius 3 is 2.24 bits per heavy atom. The molecule has 2 amide bonds. The smallest absolute Gasteiger partial charge is 0.248 e. The average molecular weight is 294 g/mol. The first-order chi connectivity index (χ1) is 9.78. The normalized spacial score (nSPS) is 32.1. The second kappa shape index (κ2) is 5.62. The quantitative estimate of drug-likeness (QED) is 0.847. The highest BCUT2D eigenvalue weighted by atomic mass is 16.2. The van der Waals surface area contributed by atoms with Crippen LogP contribution in [0.2, 0.25) is 0 Å². The highest BCUT2D eigenvalue weighted by Crippen LogP contribution is 2.45. The number of carbonyl (C=O) groups excluding carboxylic acids is 2. The van der Waals surface area contributed by atoms with Crippen LogP contribution in [0.15, 0.2) is 0 Å². The van der Waals surface area contributed by atoms with Gasteiger partial charge in [-0.05, 0) is 43.9 Å². The summed E-state index contributed by atoms with van der Waals surface area (Å²) < 4.78 is 0. The molecule has 2 unspecified atom stereocenters. The van der Waals surface area contributed by atoms with E-state index in [1.165, 1.54) is 19.3 Å². The Morgan fingerprint density at radius 1 is 1.24 bits per heavy atom. The van der Waals surface area contributed by atoms with Gasteiger partial charge in [0.15, 0.2) is 0 Å². The van der Waals surface area contributed by atoms with Crippen LogP contribution in [0.5, 0.6) is 0 Å². The van der Waals surface area contributed by atoms with Gasteiger partial charge in [-0.1, -0.05) is 34.1 Å². The zero-order valence-electron chi connectivity index (χ0n) is 14.2. The molecule has 21 heavy (non-hydrogen) atoms. The lowest BCUT2D eigenvalue weighted by molar-refractivity contribution is -0.159. The third-order valence-corrected chi connectivity index (χ3v) is 5.74. The summed E-state index contributed by atoms with van der Waals surface area (Å²) in [6, 6.07) is -0.318. The molecule has 2 atom stereocenters. The monoisotopic (exact) mass is 294 g/mol. The van der Waals surface area contributed by atoms with Gasteiger partial charge in [-0.25, -0.2) is 0 Å². The van der Waals surface area contributed by atoms with Gasteiger partial charge >= 0.3 is 0 Å². The first kappa shape index (κ1) is 16.3. The number of hydrogen-bond acceptors (Lipinski definition) is 2. The van der Waals surface area contributed by atoms with E-state index in [0.717, 1.165) is 13.0 Å². The minimum absolute atomic E-state index is 0.0135. The first-order valence-electron chi connectivity index (χ1n) is 8.41. The third kappa shape index (κ3) is 2.69. The molecule has 0 radical (unpaired) electrons. The van der Waals surface area contributed by atoms with E-state index in [0.29, 0.717) is 6.42 Å². The number of nitrogens with one attached hydrogen (secondary N) is 1. The van der Waals surface area contributed by atoms with Crippen LogP contribution in [0.4, 0.5) is 0 Å². The van der Waals surface area contributed by atoms with E-state index in [1.807, 2.05) is 32.6 Å². The van der Waals surface area contributed by atoms with Crippen molar-refractivity contribution < 1.29 is 9.59 Å². The molecule has 0 aromatic carbocycles. The van der Waals surface area contributed by atoms with Crippen LogP contribution in [0.25, 0.3) is 0 Å². The van der Waals surface area contributed by atoms with Crippen LogP contribution in [0.1, 0.15) is 66.7 Å². The molecule has 2 fully saturated rings. The van der Waals surface area contributed by atoms with E-state index in [-0.39, 0.29) is 29.2 Å². The fraction of sp³-hybridized carbons (Fsp3) is 0.882. The Morgan fingerprint density at radius 2 is 1.86 bits per heavy atom. The van der Waals surface area contributed by atoms with Crippen molar-refractivity contribution in [3.8, 4) is 0 Å². The highest BCUT2D eigenvalue weighted by molar-refractivity contribution is 5.99. The van der Waals surface area contributed by atoms with Crippen molar-refractivity contribution in [2.75, 3.05) is 6.54 Å². The summed E-state index contributed by atoms with van der Waals surface area (Å²) in [5, 5.41) is 2.96. The Kier molecular flexibility index (Phi) is 4.36. The van der Waals surface area contributed by atoms with Gasteiger partial charge in [0.05, 0.1) is 0 Å². The summed E-state index contributed by atoms with van der Waals surface area (Å²) >= 11 is 0. The van der Waals surface area contributed by atoms with Crippen LogP contribution in [0, 0.1) is 11.3 Å². The molecule has 120 valence electrons. The van der Waals surface area contributed by atoms with E-state index in [9.17, 15) is 9.59 Å². The van der Waals surface area contributed by atoms with Crippen molar-refractivity contribution in [3.63, 3.8) is 0 Å². The van der Waals surface area contributed by atoms with Crippen molar-refractivity contribution in [2.45, 2.75) is 78.3 Å². The first-order valence-corrected chi connectivity index (χ1v) is 8.41. The largest absolute Gasteiger partial charge is 0.340 e. The molecule has 0 aromatic rings. The summed E-state index contributed by atoms with van der Waals surface area (Å²) in [5.74, 6) is 0.256. The van der Waals surface area contributed by atoms with Gasteiger partial charge in [0.2, 0.25) is 11.8 Å². The minimum Gasteiger partial charge on any atom is -0.340 e. The molecule has 0 bridgehead atoms. The van der Waals surface area contributed by atoms with Crippen molar-refractivity contribution in [1.29, 1.82) is 0 Å². The molecular weight excluding hydrogens is 264 g/mol. The average Bonchev–Trinajstić information content (AvgIpc) is 2.38. The summed E-state index contributed by atoms with van der Waals surface area (Å²) in [6.45, 7) is 10.8. The maximum Gasteiger partial charge on any atom is 0.248 e. The van der Waals surface area contributed by atoms with Crippen molar-refractivity contribution >= 4 is 11.8 Å². The Balaban J connectivity index is 2.30. The van der Waals surface area contributed by atoms with E-state index >= 15 is 0 Å². The predicted octanol–water partition coefficient (Wildman–Crippen LogP) is 2.72. The Hall–Kier alpha value is -1.06. The van der Waals surface area contributed by atoms with Gasteiger partial charge in [0.1, 0.15) is 11.6 Å². The Labute approximate surface area is 128 Å². The maximum absolute atomic E-state index is 13.0. The molecule has 0 aromatic heterocycles. The molecule has 0 spiro atoms. The number of rotatable bonds is 5. The Bertz CT molecular complexity index is 423. The van der Waals surface area contributed by atoms with Crippen LogP contribution in [-0.2, 0) is 9.59 Å². The number of carbonyl (C=O) groups is 2. The van der Waals surface area contributed by atoms with Gasteiger partial charge in [-0.2, -0.15) is 0 Å². The highest BCUT2D eigenvalue weighted by Gasteiger charge is 2.50. The molecular formula is C17H30N2O2. The standard InChI is InChI=1S/C17H30N2O2/c1-6-16(5)15(21)19(11-17(7-2)9-8-10-17)13(12(3)4)14(20)18-16/h12-13H,6-11H2,1-5H3,(H,18,20). The number of piperazine rings is 1. The van der Waals surface area contributed by atoms with Gasteiger partial charge in [0, 0.05) is 6.54 Å². The number of amides is 2. The summed E-state index contributed by atoms with van der Waals surface area (Å²) in [4.78, 5) is 27.4. The fourth-order valence-corrected chi connectivity index (χ4v) is 3.72. The van der Waals surface area contributed by atoms with E-state index in [4.69, 9.17) is 0 Å². The minimum atomic E-state index is -0.735. The van der Waals surface area contributed by atoms with Gasteiger partial charge in [-0.3, -0.25) is 9.59 Å². The molecule has 1 N–H and O–H groups in total. The summed E-state index contributed by atoms with van der Waals surface area (Å²) in [6.07, 6.45) is 5.34. The van der Waals surface area contributed by atoms with Crippen molar-refractivity contribution in [1.82, 2.24) is 10.2 Å². The number of nitrogens with zero attached hydrogens (tertiary/aromatic N) is 1. The SMILES string of the molecule is CCC1(CN2C(=O)C(C)(CC)NC(=O)C2C(C)C)CCC1. The lowest BCUT2D eigenvalue weighted by Crippen LogP contribution is -2.71.